The predicted molar refractivity (Wildman–Crippen MR) is 93.2 cm³/mol. The zero-order valence-corrected chi connectivity index (χ0v) is 14.0. The van der Waals surface area contributed by atoms with E-state index in [4.69, 9.17) is 9.84 Å². The molecule has 2 N–H and O–H groups in total. The van der Waals surface area contributed by atoms with Crippen molar-refractivity contribution in [3.05, 3.63) is 47.8 Å². The van der Waals surface area contributed by atoms with Gasteiger partial charge in [0.1, 0.15) is 11.4 Å². The van der Waals surface area contributed by atoms with Crippen LogP contribution in [-0.4, -0.2) is 22.7 Å². The molecule has 126 valence electrons. The number of ether oxygens (including phenoxy) is 1. The Morgan fingerprint density at radius 1 is 1.29 bits per heavy atom. The molecule has 2 aromatic rings. The van der Waals surface area contributed by atoms with E-state index in [1.54, 1.807) is 6.07 Å². The molecule has 24 heavy (non-hydrogen) atoms. The van der Waals surface area contributed by atoms with Crippen molar-refractivity contribution in [2.45, 2.75) is 32.6 Å². The minimum Gasteiger partial charge on any atom is -0.493 e. The van der Waals surface area contributed by atoms with E-state index < -0.39 is 5.97 Å². The van der Waals surface area contributed by atoms with E-state index in [0.717, 1.165) is 23.7 Å². The van der Waals surface area contributed by atoms with E-state index in [0.29, 0.717) is 11.8 Å². The van der Waals surface area contributed by atoms with Gasteiger partial charge in [-0.05, 0) is 48.4 Å². The van der Waals surface area contributed by atoms with Crippen LogP contribution in [0.25, 0.3) is 0 Å². The summed E-state index contributed by atoms with van der Waals surface area (Å²) in [5.41, 5.74) is 2.87. The molecule has 1 aromatic carbocycles. The highest BCUT2D eigenvalue weighted by molar-refractivity contribution is 5.85. The number of aromatic carboxylic acids is 1. The van der Waals surface area contributed by atoms with E-state index in [1.165, 1.54) is 30.7 Å². The topological polar surface area (TPSA) is 71.5 Å². The maximum atomic E-state index is 10.8. The lowest BCUT2D eigenvalue weighted by Gasteiger charge is -2.16. The molecule has 5 heteroatoms. The van der Waals surface area contributed by atoms with Gasteiger partial charge in [0.05, 0.1) is 18.5 Å². The summed E-state index contributed by atoms with van der Waals surface area (Å²) in [6.07, 6.45) is 4.04. The van der Waals surface area contributed by atoms with Crippen molar-refractivity contribution in [3.63, 3.8) is 0 Å². The highest BCUT2D eigenvalue weighted by Gasteiger charge is 2.22. The molecule has 0 unspecified atom stereocenters. The van der Waals surface area contributed by atoms with Gasteiger partial charge in [0, 0.05) is 11.8 Å². The summed E-state index contributed by atoms with van der Waals surface area (Å²) in [6, 6.07) is 9.27. The number of benzene rings is 1. The van der Waals surface area contributed by atoms with Crippen molar-refractivity contribution in [2.24, 2.45) is 5.92 Å². The third-order valence-electron chi connectivity index (χ3n) is 4.08. The average Bonchev–Trinajstić information content (AvgIpc) is 3.37. The van der Waals surface area contributed by atoms with Crippen LogP contribution in [-0.2, 0) is 0 Å². The number of carboxylic acids is 1. The summed E-state index contributed by atoms with van der Waals surface area (Å²) < 4.78 is 6.02. The van der Waals surface area contributed by atoms with Crippen LogP contribution in [0.4, 0.5) is 11.4 Å². The SMILES string of the molecule is CC(C)c1ccc(Nc2ccc(C(=O)O)nc2)cc1OCC1CC1. The van der Waals surface area contributed by atoms with Crippen molar-refractivity contribution in [1.82, 2.24) is 4.98 Å². The molecule has 1 fully saturated rings. The second kappa shape index (κ2) is 6.91. The number of anilines is 2. The maximum absolute atomic E-state index is 10.8. The van der Waals surface area contributed by atoms with Crippen molar-refractivity contribution >= 4 is 17.3 Å². The Kier molecular flexibility index (Phi) is 4.69. The van der Waals surface area contributed by atoms with Gasteiger partial charge < -0.3 is 15.2 Å². The number of carbonyl (C=O) groups is 1. The summed E-state index contributed by atoms with van der Waals surface area (Å²) in [4.78, 5) is 14.8. The Balaban J connectivity index is 1.76. The Morgan fingerprint density at radius 2 is 2.04 bits per heavy atom. The van der Waals surface area contributed by atoms with E-state index in [2.05, 4.69) is 30.2 Å². The van der Waals surface area contributed by atoms with Crippen molar-refractivity contribution in [1.29, 1.82) is 0 Å². The molecular weight excluding hydrogens is 304 g/mol. The second-order valence-electron chi connectivity index (χ2n) is 6.52. The fourth-order valence-corrected chi connectivity index (χ4v) is 2.47. The van der Waals surface area contributed by atoms with Crippen molar-refractivity contribution in [3.8, 4) is 5.75 Å². The predicted octanol–water partition coefficient (Wildman–Crippen LogP) is 4.44. The third-order valence-corrected chi connectivity index (χ3v) is 4.08. The molecule has 0 saturated heterocycles. The first-order valence-electron chi connectivity index (χ1n) is 8.26. The molecule has 3 rings (SSSR count). The second-order valence-corrected chi connectivity index (χ2v) is 6.52. The van der Waals surface area contributed by atoms with Crippen LogP contribution in [0.3, 0.4) is 0 Å². The number of rotatable bonds is 7. The van der Waals surface area contributed by atoms with Crippen LogP contribution in [0.15, 0.2) is 36.5 Å². The smallest absolute Gasteiger partial charge is 0.354 e. The lowest BCUT2D eigenvalue weighted by Crippen LogP contribution is -2.04. The molecule has 1 heterocycles. The molecule has 1 saturated carbocycles. The molecule has 0 atom stereocenters. The molecule has 0 radical (unpaired) electrons. The molecule has 1 aliphatic rings. The molecule has 0 amide bonds. The Bertz CT molecular complexity index is 722. The molecule has 1 aromatic heterocycles. The molecule has 1 aliphatic carbocycles. The van der Waals surface area contributed by atoms with Crippen LogP contribution in [0.5, 0.6) is 5.75 Å². The largest absolute Gasteiger partial charge is 0.493 e. The molecule has 0 aliphatic heterocycles. The zero-order valence-electron chi connectivity index (χ0n) is 14.0. The summed E-state index contributed by atoms with van der Waals surface area (Å²) >= 11 is 0. The van der Waals surface area contributed by atoms with Gasteiger partial charge in [0.25, 0.3) is 0 Å². The summed E-state index contributed by atoms with van der Waals surface area (Å²) in [7, 11) is 0. The van der Waals surface area contributed by atoms with Gasteiger partial charge in [-0.3, -0.25) is 0 Å². The van der Waals surface area contributed by atoms with Crippen LogP contribution in [0, 0.1) is 5.92 Å². The molecule has 5 nitrogen and oxygen atoms in total. The number of hydrogen-bond donors (Lipinski definition) is 2. The Hall–Kier alpha value is -2.56. The maximum Gasteiger partial charge on any atom is 0.354 e. The summed E-state index contributed by atoms with van der Waals surface area (Å²) in [6.45, 7) is 5.08. The van der Waals surface area contributed by atoms with E-state index in [-0.39, 0.29) is 5.69 Å². The quantitative estimate of drug-likeness (QED) is 0.787. The van der Waals surface area contributed by atoms with Crippen LogP contribution < -0.4 is 10.1 Å². The lowest BCUT2D eigenvalue weighted by atomic mass is 10.0. The highest BCUT2D eigenvalue weighted by Crippen LogP contribution is 2.34. The third kappa shape index (κ3) is 4.04. The van der Waals surface area contributed by atoms with Gasteiger partial charge in [0.2, 0.25) is 0 Å². The van der Waals surface area contributed by atoms with Crippen LogP contribution in [0.1, 0.15) is 48.7 Å². The molecular formula is C19H22N2O3. The first-order valence-corrected chi connectivity index (χ1v) is 8.26. The standard InChI is InChI=1S/C19H22N2O3/c1-12(2)16-7-5-14(9-18(16)24-11-13-3-4-13)21-15-6-8-17(19(22)23)20-10-15/h5-10,12-13,21H,3-4,11H2,1-2H3,(H,22,23). The number of hydrogen-bond acceptors (Lipinski definition) is 4. The molecule has 0 spiro atoms. The number of carboxylic acid groups (broad SMARTS) is 1. The van der Waals surface area contributed by atoms with Crippen LogP contribution in [0.2, 0.25) is 0 Å². The average molecular weight is 326 g/mol. The normalized spacial score (nSPS) is 13.8. The van der Waals surface area contributed by atoms with Crippen molar-refractivity contribution < 1.29 is 14.6 Å². The zero-order chi connectivity index (χ0) is 17.1. The molecule has 0 bridgehead atoms. The number of nitrogens with one attached hydrogen (secondary N) is 1. The van der Waals surface area contributed by atoms with Gasteiger partial charge in [-0.25, -0.2) is 9.78 Å². The van der Waals surface area contributed by atoms with E-state index in [9.17, 15) is 4.79 Å². The number of nitrogens with zero attached hydrogens (tertiary/aromatic N) is 1. The first kappa shape index (κ1) is 16.3. The monoisotopic (exact) mass is 326 g/mol. The summed E-state index contributed by atoms with van der Waals surface area (Å²) in [5.74, 6) is 0.981. The number of aromatic nitrogens is 1. The highest BCUT2D eigenvalue weighted by atomic mass is 16.5. The van der Waals surface area contributed by atoms with Gasteiger partial charge in [-0.1, -0.05) is 19.9 Å². The van der Waals surface area contributed by atoms with Gasteiger partial charge >= 0.3 is 5.97 Å². The fraction of sp³-hybridized carbons (Fsp3) is 0.368. The van der Waals surface area contributed by atoms with Gasteiger partial charge in [-0.2, -0.15) is 0 Å². The Morgan fingerprint density at radius 3 is 2.62 bits per heavy atom. The minimum atomic E-state index is -1.03. The van der Waals surface area contributed by atoms with Crippen molar-refractivity contribution in [2.75, 3.05) is 11.9 Å². The number of pyridine rings is 1. The van der Waals surface area contributed by atoms with E-state index in [1.807, 2.05) is 12.1 Å². The minimum absolute atomic E-state index is 0.0316. The van der Waals surface area contributed by atoms with Crippen LogP contribution >= 0.6 is 0 Å². The van der Waals surface area contributed by atoms with E-state index >= 15 is 0 Å². The Labute approximate surface area is 141 Å². The lowest BCUT2D eigenvalue weighted by molar-refractivity contribution is 0.0690. The summed E-state index contributed by atoms with van der Waals surface area (Å²) in [5, 5.41) is 12.1. The van der Waals surface area contributed by atoms with Gasteiger partial charge in [-0.15, -0.1) is 0 Å². The first-order chi connectivity index (χ1) is 11.5. The van der Waals surface area contributed by atoms with Gasteiger partial charge in [0.15, 0.2) is 0 Å². The fourth-order valence-electron chi connectivity index (χ4n) is 2.47.